The second-order valence-electron chi connectivity index (χ2n) is 7.98. The van der Waals surface area contributed by atoms with Gasteiger partial charge in [0.25, 0.3) is 0 Å². The lowest BCUT2D eigenvalue weighted by molar-refractivity contribution is -0.166. The van der Waals surface area contributed by atoms with E-state index in [-0.39, 0.29) is 35.0 Å². The van der Waals surface area contributed by atoms with Crippen LogP contribution in [0.3, 0.4) is 0 Å². The summed E-state index contributed by atoms with van der Waals surface area (Å²) in [5.74, 6) is -0.338. The number of aliphatic hydroxyl groups is 1. The summed E-state index contributed by atoms with van der Waals surface area (Å²) in [5, 5.41) is 19.9. The van der Waals surface area contributed by atoms with E-state index in [1.54, 1.807) is 27.7 Å². The average Bonchev–Trinajstić information content (AvgIpc) is 3.23. The Kier molecular flexibility index (Phi) is 3.99. The highest BCUT2D eigenvalue weighted by Gasteiger charge is 2.58. The summed E-state index contributed by atoms with van der Waals surface area (Å²) >= 11 is 0. The van der Waals surface area contributed by atoms with E-state index in [1.165, 1.54) is 6.07 Å². The zero-order chi connectivity index (χ0) is 20.4. The van der Waals surface area contributed by atoms with E-state index in [1.807, 2.05) is 0 Å². The number of aliphatic hydroxyl groups excluding tert-OH is 1. The Hall–Kier alpha value is -2.58. The Morgan fingerprint density at radius 1 is 1.32 bits per heavy atom. The molecule has 8 heteroatoms. The normalized spacial score (nSPS) is 27.8. The first-order valence-electron chi connectivity index (χ1n) is 9.07. The fourth-order valence-electron chi connectivity index (χ4n) is 3.49. The topological polar surface area (TPSA) is 119 Å². The lowest BCUT2D eigenvalue weighted by atomic mass is 9.89. The van der Waals surface area contributed by atoms with Crippen molar-refractivity contribution in [3.63, 3.8) is 0 Å². The summed E-state index contributed by atoms with van der Waals surface area (Å²) in [6.45, 7) is 6.56. The lowest BCUT2D eigenvalue weighted by Gasteiger charge is -2.39. The van der Waals surface area contributed by atoms with Crippen LogP contribution in [-0.4, -0.2) is 39.6 Å². The molecule has 2 aliphatic heterocycles. The maximum absolute atomic E-state index is 12.5. The van der Waals surface area contributed by atoms with Crippen molar-refractivity contribution >= 4 is 16.9 Å². The molecule has 0 aliphatic carbocycles. The number of hydrogen-bond donors (Lipinski definition) is 2. The highest BCUT2D eigenvalue weighted by atomic mass is 16.7. The highest BCUT2D eigenvalue weighted by Crippen LogP contribution is 2.44. The minimum Gasteiger partial charge on any atom is -0.507 e. The first kappa shape index (κ1) is 18.8. The van der Waals surface area contributed by atoms with E-state index in [0.717, 1.165) is 6.07 Å². The number of carbonyl (C=O) groups excluding carboxylic acids is 1. The molecule has 2 N–H and O–H groups in total. The first-order valence-corrected chi connectivity index (χ1v) is 9.07. The van der Waals surface area contributed by atoms with Crippen molar-refractivity contribution in [2.75, 3.05) is 0 Å². The van der Waals surface area contributed by atoms with Crippen LogP contribution in [0.15, 0.2) is 21.3 Å². The van der Waals surface area contributed by atoms with Crippen LogP contribution in [-0.2, 0) is 27.3 Å². The fourth-order valence-corrected chi connectivity index (χ4v) is 3.49. The zero-order valence-corrected chi connectivity index (χ0v) is 16.1. The number of epoxide rings is 1. The third kappa shape index (κ3) is 2.75. The lowest BCUT2D eigenvalue weighted by Crippen LogP contribution is -2.50. The maximum Gasteiger partial charge on any atom is 0.341 e. The van der Waals surface area contributed by atoms with Crippen molar-refractivity contribution in [2.24, 2.45) is 0 Å². The molecule has 8 nitrogen and oxygen atoms in total. The summed E-state index contributed by atoms with van der Waals surface area (Å²) < 4.78 is 22.4. The van der Waals surface area contributed by atoms with Crippen LogP contribution in [0.5, 0.6) is 11.5 Å². The largest absolute Gasteiger partial charge is 0.507 e. The van der Waals surface area contributed by atoms with Gasteiger partial charge in [-0.05, 0) is 27.7 Å². The molecule has 3 atom stereocenters. The molecule has 1 aromatic heterocycles. The third-order valence-electron chi connectivity index (χ3n) is 5.60. The number of esters is 1. The Morgan fingerprint density at radius 2 is 2.00 bits per heavy atom. The second-order valence-corrected chi connectivity index (χ2v) is 7.98. The van der Waals surface area contributed by atoms with Crippen LogP contribution in [0.2, 0.25) is 0 Å². The number of rotatable bonds is 3. The first-order chi connectivity index (χ1) is 13.1. The van der Waals surface area contributed by atoms with Crippen LogP contribution in [0.1, 0.15) is 39.0 Å². The highest BCUT2D eigenvalue weighted by molar-refractivity contribution is 5.87. The van der Waals surface area contributed by atoms with E-state index in [2.05, 4.69) is 0 Å². The molecular weight excluding hydrogens is 368 g/mol. The molecule has 0 spiro atoms. The number of hydrogen-bond acceptors (Lipinski definition) is 8. The Balaban J connectivity index is 1.75. The quantitative estimate of drug-likeness (QED) is 0.601. The molecule has 28 heavy (non-hydrogen) atoms. The monoisotopic (exact) mass is 390 g/mol. The predicted molar refractivity (Wildman–Crippen MR) is 97.3 cm³/mol. The fraction of sp³-hybridized carbons (Fsp3) is 0.500. The molecule has 1 aromatic carbocycles. The minimum absolute atomic E-state index is 0.00422. The molecule has 150 valence electrons. The van der Waals surface area contributed by atoms with Gasteiger partial charge in [-0.25, -0.2) is 4.79 Å². The number of fused-ring (bicyclic) bond motifs is 2. The average molecular weight is 390 g/mol. The summed E-state index contributed by atoms with van der Waals surface area (Å²) in [6, 6.07) is 2.64. The summed E-state index contributed by atoms with van der Waals surface area (Å²) in [4.78, 5) is 24.8. The van der Waals surface area contributed by atoms with E-state index >= 15 is 0 Å². The molecule has 2 unspecified atom stereocenters. The number of aromatic hydroxyl groups is 1. The molecular formula is C20H22O8. The van der Waals surface area contributed by atoms with Gasteiger partial charge in [-0.1, -0.05) is 0 Å². The second kappa shape index (κ2) is 5.96. The van der Waals surface area contributed by atoms with Crippen molar-refractivity contribution < 1.29 is 33.6 Å². The van der Waals surface area contributed by atoms with Crippen LogP contribution in [0.4, 0.5) is 0 Å². The number of phenols is 1. The zero-order valence-electron chi connectivity index (χ0n) is 16.1. The van der Waals surface area contributed by atoms with Gasteiger partial charge < -0.3 is 28.8 Å². The summed E-state index contributed by atoms with van der Waals surface area (Å²) in [6.07, 6.45) is -0.739. The van der Waals surface area contributed by atoms with Gasteiger partial charge in [0, 0.05) is 24.1 Å². The predicted octanol–water partition coefficient (Wildman–Crippen LogP) is 1.79. The van der Waals surface area contributed by atoms with E-state index < -0.39 is 35.3 Å². The van der Waals surface area contributed by atoms with Crippen molar-refractivity contribution in [2.45, 2.75) is 64.1 Å². The van der Waals surface area contributed by atoms with Crippen LogP contribution < -0.4 is 10.2 Å². The summed E-state index contributed by atoms with van der Waals surface area (Å²) in [5.41, 5.74) is -1.84. The molecule has 0 bridgehead atoms. The van der Waals surface area contributed by atoms with Gasteiger partial charge >= 0.3 is 5.97 Å². The molecule has 3 heterocycles. The molecule has 0 amide bonds. The molecule has 1 saturated heterocycles. The van der Waals surface area contributed by atoms with Gasteiger partial charge in [0.1, 0.15) is 46.5 Å². The minimum atomic E-state index is -0.969. The van der Waals surface area contributed by atoms with E-state index in [0.29, 0.717) is 11.3 Å². The van der Waals surface area contributed by atoms with Gasteiger partial charge in [0.2, 0.25) is 0 Å². The smallest absolute Gasteiger partial charge is 0.341 e. The Morgan fingerprint density at radius 3 is 2.61 bits per heavy atom. The van der Waals surface area contributed by atoms with Gasteiger partial charge in [-0.3, -0.25) is 4.79 Å². The Bertz CT molecular complexity index is 1040. The summed E-state index contributed by atoms with van der Waals surface area (Å²) in [7, 11) is 0. The van der Waals surface area contributed by atoms with Crippen LogP contribution >= 0.6 is 0 Å². The van der Waals surface area contributed by atoms with E-state index in [9.17, 15) is 19.8 Å². The third-order valence-corrected chi connectivity index (χ3v) is 5.60. The van der Waals surface area contributed by atoms with Gasteiger partial charge in [-0.15, -0.1) is 0 Å². The number of carbonyl (C=O) groups is 1. The molecule has 0 radical (unpaired) electrons. The van der Waals surface area contributed by atoms with Crippen molar-refractivity contribution in [3.8, 4) is 11.5 Å². The van der Waals surface area contributed by atoms with Crippen LogP contribution in [0.25, 0.3) is 11.0 Å². The van der Waals surface area contributed by atoms with Crippen molar-refractivity contribution in [3.05, 3.63) is 33.7 Å². The maximum atomic E-state index is 12.5. The SMILES string of the molecule is CC1OC1(C)C(=O)O[C@H]1Cc2c(cc3oc(CO)cc(=O)c3c2O)OC1(C)C. The van der Waals surface area contributed by atoms with Crippen molar-refractivity contribution in [1.82, 2.24) is 0 Å². The number of benzene rings is 1. The molecule has 2 aliphatic rings. The molecule has 2 aromatic rings. The van der Waals surface area contributed by atoms with Gasteiger partial charge in [0.15, 0.2) is 11.0 Å². The van der Waals surface area contributed by atoms with Gasteiger partial charge in [-0.2, -0.15) is 0 Å². The molecule has 0 saturated carbocycles. The Labute approximate surface area is 160 Å². The van der Waals surface area contributed by atoms with Crippen LogP contribution in [0, 0.1) is 0 Å². The molecule has 4 rings (SSSR count). The number of ether oxygens (including phenoxy) is 3. The molecule has 1 fully saturated rings. The van der Waals surface area contributed by atoms with Crippen molar-refractivity contribution in [1.29, 1.82) is 0 Å². The van der Waals surface area contributed by atoms with Gasteiger partial charge in [0.05, 0.1) is 6.10 Å². The van der Waals surface area contributed by atoms with E-state index in [4.69, 9.17) is 18.6 Å². The standard InChI is InChI=1S/C20H22O8/c1-9-20(4,27-9)18(24)26-15-6-11-13(28-19(15,2)3)7-14-16(17(11)23)12(22)5-10(8-21)25-14/h5,7,9,15,21,23H,6,8H2,1-4H3/t9?,15-,20?/m0/s1. The number of phenolic OH excluding ortho intramolecular Hbond substituents is 1.